The van der Waals surface area contributed by atoms with Crippen LogP contribution in [-0.2, 0) is 0 Å². The molecule has 0 saturated carbocycles. The molecule has 0 aromatic carbocycles. The first-order chi connectivity index (χ1) is 5.64. The number of hydrogen-bond acceptors (Lipinski definition) is 2. The van der Waals surface area contributed by atoms with Crippen LogP contribution in [0.4, 0.5) is 0 Å². The molecule has 12 heavy (non-hydrogen) atoms. The average Bonchev–Trinajstić information content (AvgIpc) is 2.31. The first kappa shape index (κ1) is 10.0. The molecule has 0 aromatic heterocycles. The van der Waals surface area contributed by atoms with Gasteiger partial charge in [0.1, 0.15) is 0 Å². The normalized spacial score (nSPS) is 23.2. The lowest BCUT2D eigenvalue weighted by atomic mass is 9.93. The van der Waals surface area contributed by atoms with E-state index in [1.54, 1.807) is 0 Å². The van der Waals surface area contributed by atoms with Gasteiger partial charge in [-0.05, 0) is 44.3 Å². The Morgan fingerprint density at radius 1 is 1.33 bits per heavy atom. The topological polar surface area (TPSA) is 29.3 Å². The van der Waals surface area contributed by atoms with Gasteiger partial charge in [0, 0.05) is 6.54 Å². The van der Waals surface area contributed by atoms with Gasteiger partial charge >= 0.3 is 0 Å². The summed E-state index contributed by atoms with van der Waals surface area (Å²) < 4.78 is 0. The number of nitrogens with two attached hydrogens (primary N) is 1. The third-order valence-electron chi connectivity index (χ3n) is 2.68. The van der Waals surface area contributed by atoms with E-state index >= 15 is 0 Å². The Balaban J connectivity index is 2.11. The fourth-order valence-electron chi connectivity index (χ4n) is 1.89. The van der Waals surface area contributed by atoms with E-state index in [2.05, 4.69) is 18.7 Å². The molecule has 0 amide bonds. The molecule has 0 radical (unpaired) electrons. The van der Waals surface area contributed by atoms with Crippen molar-refractivity contribution in [2.24, 2.45) is 11.1 Å². The van der Waals surface area contributed by atoms with Crippen LogP contribution in [0.2, 0.25) is 0 Å². The minimum absolute atomic E-state index is 0.558. The Hall–Kier alpha value is -0.0800. The molecule has 0 spiro atoms. The van der Waals surface area contributed by atoms with Crippen molar-refractivity contribution in [3.05, 3.63) is 0 Å². The molecule has 2 heteroatoms. The standard InChI is InChI=1S/C10H22N2/c1-10(2)5-8-12(9-10)7-4-3-6-11/h3-9,11H2,1-2H3. The number of unbranched alkanes of at least 4 members (excludes halogenated alkanes) is 1. The molecule has 1 aliphatic heterocycles. The van der Waals surface area contributed by atoms with Crippen LogP contribution in [0.3, 0.4) is 0 Å². The van der Waals surface area contributed by atoms with Gasteiger partial charge in [0.2, 0.25) is 0 Å². The SMILES string of the molecule is CC1(C)CCN(CCCCN)C1. The monoisotopic (exact) mass is 170 g/mol. The highest BCUT2D eigenvalue weighted by Crippen LogP contribution is 2.28. The second-order valence-electron chi connectivity index (χ2n) is 4.69. The van der Waals surface area contributed by atoms with Crippen molar-refractivity contribution >= 4 is 0 Å². The Kier molecular flexibility index (Phi) is 3.53. The highest BCUT2D eigenvalue weighted by Gasteiger charge is 2.28. The summed E-state index contributed by atoms with van der Waals surface area (Å²) in [7, 11) is 0. The fraction of sp³-hybridized carbons (Fsp3) is 1.00. The van der Waals surface area contributed by atoms with Gasteiger partial charge in [-0.2, -0.15) is 0 Å². The smallest absolute Gasteiger partial charge is 0.00332 e. The first-order valence-electron chi connectivity index (χ1n) is 5.06. The highest BCUT2D eigenvalue weighted by molar-refractivity contribution is 4.82. The zero-order valence-corrected chi connectivity index (χ0v) is 8.47. The van der Waals surface area contributed by atoms with Gasteiger partial charge < -0.3 is 10.6 Å². The van der Waals surface area contributed by atoms with Crippen LogP contribution in [0.1, 0.15) is 33.1 Å². The minimum atomic E-state index is 0.558. The minimum Gasteiger partial charge on any atom is -0.330 e. The Labute approximate surface area is 76.1 Å². The highest BCUT2D eigenvalue weighted by atomic mass is 15.1. The van der Waals surface area contributed by atoms with Crippen molar-refractivity contribution in [1.29, 1.82) is 0 Å². The van der Waals surface area contributed by atoms with Gasteiger partial charge in [0.15, 0.2) is 0 Å². The van der Waals surface area contributed by atoms with E-state index in [0.717, 1.165) is 6.54 Å². The molecule has 2 N–H and O–H groups in total. The predicted octanol–water partition coefficient (Wildman–Crippen LogP) is 1.46. The molecule has 0 aromatic rings. The van der Waals surface area contributed by atoms with Crippen molar-refractivity contribution in [3.63, 3.8) is 0 Å². The number of nitrogens with zero attached hydrogens (tertiary/aromatic N) is 1. The van der Waals surface area contributed by atoms with Crippen LogP contribution in [0, 0.1) is 5.41 Å². The van der Waals surface area contributed by atoms with Crippen molar-refractivity contribution in [3.8, 4) is 0 Å². The third kappa shape index (κ3) is 3.11. The quantitative estimate of drug-likeness (QED) is 0.647. The van der Waals surface area contributed by atoms with Gasteiger partial charge in [-0.3, -0.25) is 0 Å². The predicted molar refractivity (Wildman–Crippen MR) is 53.1 cm³/mol. The zero-order valence-electron chi connectivity index (χ0n) is 8.47. The lowest BCUT2D eigenvalue weighted by Gasteiger charge is -2.19. The molecule has 0 atom stereocenters. The maximum Gasteiger partial charge on any atom is 0.00332 e. The summed E-state index contributed by atoms with van der Waals surface area (Å²) in [6.45, 7) is 9.37. The Bertz CT molecular complexity index is 132. The van der Waals surface area contributed by atoms with Gasteiger partial charge in [-0.1, -0.05) is 13.8 Å². The number of likely N-dealkylation sites (tertiary alicyclic amines) is 1. The Morgan fingerprint density at radius 2 is 2.08 bits per heavy atom. The van der Waals surface area contributed by atoms with Gasteiger partial charge in [-0.15, -0.1) is 0 Å². The molecule has 1 heterocycles. The van der Waals surface area contributed by atoms with E-state index in [4.69, 9.17) is 5.73 Å². The van der Waals surface area contributed by atoms with Crippen LogP contribution < -0.4 is 5.73 Å². The summed E-state index contributed by atoms with van der Waals surface area (Å²) in [5.41, 5.74) is 6.01. The van der Waals surface area contributed by atoms with Crippen molar-refractivity contribution < 1.29 is 0 Å². The third-order valence-corrected chi connectivity index (χ3v) is 2.68. The molecular weight excluding hydrogens is 148 g/mol. The Morgan fingerprint density at radius 3 is 2.58 bits per heavy atom. The van der Waals surface area contributed by atoms with E-state index < -0.39 is 0 Å². The molecular formula is C10H22N2. The lowest BCUT2D eigenvalue weighted by Crippen LogP contribution is -2.24. The summed E-state index contributed by atoms with van der Waals surface area (Å²) >= 11 is 0. The van der Waals surface area contributed by atoms with Crippen LogP contribution in [0.25, 0.3) is 0 Å². The van der Waals surface area contributed by atoms with Gasteiger partial charge in [0.05, 0.1) is 0 Å². The molecule has 2 nitrogen and oxygen atoms in total. The van der Waals surface area contributed by atoms with Gasteiger partial charge in [0.25, 0.3) is 0 Å². The molecule has 1 fully saturated rings. The summed E-state index contributed by atoms with van der Waals surface area (Å²) in [6.07, 6.45) is 3.80. The van der Waals surface area contributed by atoms with Crippen molar-refractivity contribution in [1.82, 2.24) is 4.90 Å². The fourth-order valence-corrected chi connectivity index (χ4v) is 1.89. The lowest BCUT2D eigenvalue weighted by molar-refractivity contribution is 0.286. The molecule has 1 aliphatic rings. The average molecular weight is 170 g/mol. The summed E-state index contributed by atoms with van der Waals surface area (Å²) in [6, 6.07) is 0. The van der Waals surface area contributed by atoms with Crippen LogP contribution in [-0.4, -0.2) is 31.1 Å². The van der Waals surface area contributed by atoms with Gasteiger partial charge in [-0.25, -0.2) is 0 Å². The zero-order chi connectivity index (χ0) is 9.03. The molecule has 0 unspecified atom stereocenters. The summed E-state index contributed by atoms with van der Waals surface area (Å²) in [5, 5.41) is 0. The molecule has 0 bridgehead atoms. The maximum absolute atomic E-state index is 5.45. The van der Waals surface area contributed by atoms with E-state index in [0.29, 0.717) is 5.41 Å². The van der Waals surface area contributed by atoms with Crippen LogP contribution in [0.15, 0.2) is 0 Å². The maximum atomic E-state index is 5.45. The first-order valence-corrected chi connectivity index (χ1v) is 5.06. The molecule has 1 rings (SSSR count). The van der Waals surface area contributed by atoms with Crippen LogP contribution >= 0.6 is 0 Å². The number of hydrogen-bond donors (Lipinski definition) is 1. The number of rotatable bonds is 4. The van der Waals surface area contributed by atoms with Crippen molar-refractivity contribution in [2.45, 2.75) is 33.1 Å². The van der Waals surface area contributed by atoms with E-state index in [-0.39, 0.29) is 0 Å². The summed E-state index contributed by atoms with van der Waals surface area (Å²) in [5.74, 6) is 0. The van der Waals surface area contributed by atoms with Crippen LogP contribution in [0.5, 0.6) is 0 Å². The summed E-state index contributed by atoms with van der Waals surface area (Å²) in [4.78, 5) is 2.57. The van der Waals surface area contributed by atoms with E-state index in [9.17, 15) is 0 Å². The van der Waals surface area contributed by atoms with E-state index in [1.165, 1.54) is 38.9 Å². The molecule has 0 aliphatic carbocycles. The largest absolute Gasteiger partial charge is 0.330 e. The van der Waals surface area contributed by atoms with Crippen molar-refractivity contribution in [2.75, 3.05) is 26.2 Å². The second kappa shape index (κ2) is 4.24. The second-order valence-corrected chi connectivity index (χ2v) is 4.69. The molecule has 1 saturated heterocycles. The molecule has 72 valence electrons. The van der Waals surface area contributed by atoms with E-state index in [1.807, 2.05) is 0 Å².